The number of rotatable bonds is 4. The number of carbonyl (C=O) groups excluding carboxylic acids is 1. The Bertz CT molecular complexity index is 743. The minimum absolute atomic E-state index is 0.0435. The van der Waals surface area contributed by atoms with Crippen LogP contribution in [0.4, 0.5) is 11.4 Å². The summed E-state index contributed by atoms with van der Waals surface area (Å²) in [6.45, 7) is 0. The minimum Gasteiger partial charge on any atom is -0.477 e. The Hall–Kier alpha value is -2.26. The van der Waals surface area contributed by atoms with E-state index in [1.807, 2.05) is 0 Å². The van der Waals surface area contributed by atoms with Gasteiger partial charge in [0.15, 0.2) is 0 Å². The smallest absolute Gasteiger partial charge is 0.345 e. The molecule has 2 aromatic rings. The van der Waals surface area contributed by atoms with Crippen LogP contribution in [0.25, 0.3) is 0 Å². The summed E-state index contributed by atoms with van der Waals surface area (Å²) in [5.41, 5.74) is 0.0744. The second-order valence-electron chi connectivity index (χ2n) is 3.85. The van der Waals surface area contributed by atoms with Crippen LogP contribution in [-0.2, 0) is 0 Å². The van der Waals surface area contributed by atoms with Gasteiger partial charge in [-0.25, -0.2) is 4.79 Å². The highest BCUT2D eigenvalue weighted by molar-refractivity contribution is 9.10. The van der Waals surface area contributed by atoms with Gasteiger partial charge in [0, 0.05) is 11.8 Å². The first kappa shape index (κ1) is 15.1. The van der Waals surface area contributed by atoms with Gasteiger partial charge in [-0.2, -0.15) is 0 Å². The molecule has 7 nitrogen and oxygen atoms in total. The Kier molecular flexibility index (Phi) is 4.34. The van der Waals surface area contributed by atoms with Crippen molar-refractivity contribution in [3.8, 4) is 0 Å². The zero-order chi connectivity index (χ0) is 15.6. The van der Waals surface area contributed by atoms with Gasteiger partial charge in [-0.15, -0.1) is 11.3 Å². The van der Waals surface area contributed by atoms with Gasteiger partial charge in [0.1, 0.15) is 4.88 Å². The molecule has 1 aromatic carbocycles. The maximum atomic E-state index is 11.9. The van der Waals surface area contributed by atoms with Crippen molar-refractivity contribution in [3.05, 3.63) is 54.7 Å². The summed E-state index contributed by atoms with van der Waals surface area (Å²) in [5.74, 6) is -1.64. The third-order valence-corrected chi connectivity index (χ3v) is 4.18. The quantitative estimate of drug-likeness (QED) is 0.633. The lowest BCUT2D eigenvalue weighted by atomic mass is 10.2. The zero-order valence-corrected chi connectivity index (χ0v) is 12.6. The fourth-order valence-corrected chi connectivity index (χ4v) is 2.63. The molecule has 1 heterocycles. The van der Waals surface area contributed by atoms with E-state index in [0.29, 0.717) is 4.47 Å². The van der Waals surface area contributed by atoms with Gasteiger partial charge in [-0.3, -0.25) is 14.9 Å². The third kappa shape index (κ3) is 3.44. The van der Waals surface area contributed by atoms with E-state index in [1.165, 1.54) is 30.3 Å². The summed E-state index contributed by atoms with van der Waals surface area (Å²) in [6, 6.07) is 6.88. The monoisotopic (exact) mass is 370 g/mol. The zero-order valence-electron chi connectivity index (χ0n) is 10.2. The molecule has 0 unspecified atom stereocenters. The van der Waals surface area contributed by atoms with Crippen LogP contribution in [-0.4, -0.2) is 21.9 Å². The van der Waals surface area contributed by atoms with Crippen molar-refractivity contribution in [1.29, 1.82) is 0 Å². The fourth-order valence-electron chi connectivity index (χ4n) is 1.50. The number of aromatic carboxylic acids is 1. The van der Waals surface area contributed by atoms with Crippen molar-refractivity contribution in [3.63, 3.8) is 0 Å². The first-order valence-electron chi connectivity index (χ1n) is 5.47. The third-order valence-electron chi connectivity index (χ3n) is 2.44. The van der Waals surface area contributed by atoms with Crippen LogP contribution < -0.4 is 5.32 Å². The molecule has 0 spiro atoms. The summed E-state index contributed by atoms with van der Waals surface area (Å²) in [4.78, 5) is 33.2. The molecule has 0 aliphatic heterocycles. The normalized spacial score (nSPS) is 10.1. The molecular formula is C12H7BrN2O5S. The topological polar surface area (TPSA) is 110 Å². The summed E-state index contributed by atoms with van der Waals surface area (Å²) >= 11 is 3.87. The molecule has 1 amide bonds. The summed E-state index contributed by atoms with van der Waals surface area (Å²) in [6.07, 6.45) is 0. The SMILES string of the molecule is O=C(O)c1ccc(C(=O)Nc2ccc(Br)c([N+](=O)[O-])c2)s1. The van der Waals surface area contributed by atoms with Gasteiger partial charge in [-0.05, 0) is 40.2 Å². The molecule has 0 saturated carbocycles. The van der Waals surface area contributed by atoms with Crippen LogP contribution in [0, 0.1) is 10.1 Å². The summed E-state index contributed by atoms with van der Waals surface area (Å²) in [5, 5.41) is 22.1. The molecule has 0 radical (unpaired) electrons. The fraction of sp³-hybridized carbons (Fsp3) is 0. The molecule has 108 valence electrons. The van der Waals surface area contributed by atoms with Crippen LogP contribution in [0.3, 0.4) is 0 Å². The first-order valence-corrected chi connectivity index (χ1v) is 7.08. The predicted octanol–water partition coefficient (Wildman–Crippen LogP) is 3.37. The number of benzene rings is 1. The van der Waals surface area contributed by atoms with Crippen molar-refractivity contribution in [2.75, 3.05) is 5.32 Å². The number of thiophene rings is 1. The molecule has 0 aliphatic rings. The number of carboxylic acids is 1. The van der Waals surface area contributed by atoms with Gasteiger partial charge in [-0.1, -0.05) is 0 Å². The van der Waals surface area contributed by atoms with Gasteiger partial charge in [0.05, 0.1) is 14.3 Å². The van der Waals surface area contributed by atoms with Crippen molar-refractivity contribution >= 4 is 50.5 Å². The number of nitro benzene ring substituents is 1. The number of nitrogens with zero attached hydrogens (tertiary/aromatic N) is 1. The average molecular weight is 371 g/mol. The van der Waals surface area contributed by atoms with Gasteiger partial charge in [0.25, 0.3) is 11.6 Å². The number of amides is 1. The standard InChI is InChI=1S/C12H7BrN2O5S/c13-7-2-1-6(5-8(7)15(19)20)14-11(16)9-3-4-10(21-9)12(17)18/h1-5H,(H,14,16)(H,17,18). The minimum atomic E-state index is -1.11. The van der Waals surface area contributed by atoms with Crippen LogP contribution >= 0.6 is 27.3 Å². The lowest BCUT2D eigenvalue weighted by Crippen LogP contribution is -2.10. The molecular weight excluding hydrogens is 364 g/mol. The van der Waals surface area contributed by atoms with E-state index < -0.39 is 16.8 Å². The lowest BCUT2D eigenvalue weighted by molar-refractivity contribution is -0.385. The van der Waals surface area contributed by atoms with Crippen LogP contribution in [0.5, 0.6) is 0 Å². The van der Waals surface area contributed by atoms with E-state index in [-0.39, 0.29) is 21.1 Å². The molecule has 0 aliphatic carbocycles. The second-order valence-corrected chi connectivity index (χ2v) is 5.78. The van der Waals surface area contributed by atoms with Crippen LogP contribution in [0.15, 0.2) is 34.8 Å². The molecule has 0 atom stereocenters. The Labute approximate surface area is 130 Å². The summed E-state index contributed by atoms with van der Waals surface area (Å²) in [7, 11) is 0. The molecule has 21 heavy (non-hydrogen) atoms. The lowest BCUT2D eigenvalue weighted by Gasteiger charge is -2.04. The number of hydrogen-bond donors (Lipinski definition) is 2. The Morgan fingerprint density at radius 2 is 1.90 bits per heavy atom. The molecule has 0 saturated heterocycles. The number of nitrogens with one attached hydrogen (secondary N) is 1. The van der Waals surface area contributed by atoms with Crippen molar-refractivity contribution in [2.24, 2.45) is 0 Å². The van der Waals surface area contributed by atoms with Crippen LogP contribution in [0.2, 0.25) is 0 Å². The van der Waals surface area contributed by atoms with Gasteiger partial charge in [0.2, 0.25) is 0 Å². The molecule has 2 N–H and O–H groups in total. The molecule has 0 bridgehead atoms. The van der Waals surface area contributed by atoms with E-state index >= 15 is 0 Å². The number of anilines is 1. The largest absolute Gasteiger partial charge is 0.477 e. The maximum absolute atomic E-state index is 11.9. The van der Waals surface area contributed by atoms with Crippen LogP contribution in [0.1, 0.15) is 19.3 Å². The first-order chi connectivity index (χ1) is 9.88. The van der Waals surface area contributed by atoms with E-state index in [1.54, 1.807) is 0 Å². The number of hydrogen-bond acceptors (Lipinski definition) is 5. The average Bonchev–Trinajstić information content (AvgIpc) is 2.90. The van der Waals surface area contributed by atoms with Gasteiger partial charge >= 0.3 is 5.97 Å². The summed E-state index contributed by atoms with van der Waals surface area (Å²) < 4.78 is 0.301. The molecule has 9 heteroatoms. The number of nitro groups is 1. The van der Waals surface area contributed by atoms with Crippen molar-refractivity contribution in [1.82, 2.24) is 0 Å². The number of halogens is 1. The molecule has 2 rings (SSSR count). The highest BCUT2D eigenvalue weighted by Crippen LogP contribution is 2.28. The Balaban J connectivity index is 2.21. The van der Waals surface area contributed by atoms with E-state index in [9.17, 15) is 19.7 Å². The highest BCUT2D eigenvalue weighted by Gasteiger charge is 2.16. The van der Waals surface area contributed by atoms with Crippen molar-refractivity contribution < 1.29 is 19.6 Å². The second kappa shape index (κ2) is 6.02. The predicted molar refractivity (Wildman–Crippen MR) is 80.0 cm³/mol. The molecule has 1 aromatic heterocycles. The van der Waals surface area contributed by atoms with E-state index in [4.69, 9.17) is 5.11 Å². The van der Waals surface area contributed by atoms with E-state index in [2.05, 4.69) is 21.2 Å². The van der Waals surface area contributed by atoms with Gasteiger partial charge < -0.3 is 10.4 Å². The molecule has 0 fully saturated rings. The maximum Gasteiger partial charge on any atom is 0.345 e. The number of carbonyl (C=O) groups is 2. The Morgan fingerprint density at radius 1 is 1.24 bits per heavy atom. The number of carboxylic acid groups (broad SMARTS) is 1. The highest BCUT2D eigenvalue weighted by atomic mass is 79.9. The van der Waals surface area contributed by atoms with Crippen molar-refractivity contribution in [2.45, 2.75) is 0 Å². The van der Waals surface area contributed by atoms with E-state index in [0.717, 1.165) is 11.3 Å². The Morgan fingerprint density at radius 3 is 2.48 bits per heavy atom.